The molecule has 0 bridgehead atoms. The lowest BCUT2D eigenvalue weighted by Crippen LogP contribution is -2.73. The summed E-state index contributed by atoms with van der Waals surface area (Å²) in [6.07, 6.45) is 4.29. The molecule has 1 unspecified atom stereocenters. The van der Waals surface area contributed by atoms with Gasteiger partial charge in [0.15, 0.2) is 22.7 Å². The van der Waals surface area contributed by atoms with Crippen LogP contribution in [0, 0.1) is 6.92 Å². The van der Waals surface area contributed by atoms with E-state index in [4.69, 9.17) is 4.98 Å². The summed E-state index contributed by atoms with van der Waals surface area (Å²) >= 11 is 0. The number of benzene rings is 5. The fourth-order valence-corrected chi connectivity index (χ4v) is 10.7. The van der Waals surface area contributed by atoms with Gasteiger partial charge in [-0.1, -0.05) is 84.9 Å². The van der Waals surface area contributed by atoms with Crippen molar-refractivity contribution in [2.24, 2.45) is 0 Å². The van der Waals surface area contributed by atoms with Crippen molar-refractivity contribution in [1.82, 2.24) is 9.38 Å². The molecular formula is C44H26N4+2. The van der Waals surface area contributed by atoms with E-state index < -0.39 is 11.1 Å². The van der Waals surface area contributed by atoms with E-state index in [0.717, 1.165) is 11.0 Å². The molecule has 6 heterocycles. The van der Waals surface area contributed by atoms with E-state index in [1.807, 2.05) is 6.20 Å². The van der Waals surface area contributed by atoms with E-state index in [-0.39, 0.29) is 0 Å². The third-order valence-electron chi connectivity index (χ3n) is 12.1. The summed E-state index contributed by atoms with van der Waals surface area (Å²) in [5.41, 5.74) is 19.5. The number of hydrogen-bond acceptors (Lipinski definition) is 1. The van der Waals surface area contributed by atoms with E-state index in [1.165, 1.54) is 88.8 Å². The molecule has 2 aliphatic heterocycles. The van der Waals surface area contributed by atoms with Gasteiger partial charge < -0.3 is 0 Å². The van der Waals surface area contributed by atoms with Gasteiger partial charge in [-0.2, -0.15) is 4.40 Å². The molecule has 4 nitrogen and oxygen atoms in total. The maximum absolute atomic E-state index is 5.09. The summed E-state index contributed by atoms with van der Waals surface area (Å²) in [5.74, 6) is 0. The van der Waals surface area contributed by atoms with Crippen molar-refractivity contribution < 1.29 is 9.13 Å². The van der Waals surface area contributed by atoms with Crippen LogP contribution in [0.15, 0.2) is 140 Å². The number of aryl methyl sites for hydroxylation is 1. The minimum Gasteiger partial charge on any atom is -0.252 e. The number of pyridine rings is 3. The molecule has 4 heteroatoms. The Balaban J connectivity index is 1.40. The van der Waals surface area contributed by atoms with Gasteiger partial charge in [0.05, 0.1) is 27.5 Å². The monoisotopic (exact) mass is 610 g/mol. The Kier molecular flexibility index (Phi) is 3.78. The standard InChI is InChI=1S/C44H26N4/c1-25-21-23-46-37(24-25)28-12-8-15-32-39(28)44(46)40-33(43(32)30-13-4-2-10-26(30)27-11-3-5-14-31(27)43)20-19-29-38(40)42-47(36-18-9-22-45-41(29)36)34-16-6-7-17-35(34)48(42)44/h2-24H,1H3/q+2. The van der Waals surface area contributed by atoms with E-state index >= 15 is 0 Å². The van der Waals surface area contributed by atoms with Gasteiger partial charge in [-0.15, -0.1) is 9.13 Å². The van der Waals surface area contributed by atoms with Gasteiger partial charge in [0.2, 0.25) is 5.69 Å². The minimum atomic E-state index is -0.615. The Morgan fingerprint density at radius 3 is 2.19 bits per heavy atom. The number of para-hydroxylation sites is 2. The van der Waals surface area contributed by atoms with Gasteiger partial charge in [-0.3, -0.25) is 4.98 Å². The average Bonchev–Trinajstić information content (AvgIpc) is 3.83. The van der Waals surface area contributed by atoms with Gasteiger partial charge in [-0.25, -0.2) is 0 Å². The highest BCUT2D eigenvalue weighted by Gasteiger charge is 2.72. The van der Waals surface area contributed by atoms with Gasteiger partial charge in [0, 0.05) is 23.7 Å². The zero-order valence-electron chi connectivity index (χ0n) is 26.1. The molecule has 4 aliphatic rings. The zero-order valence-corrected chi connectivity index (χ0v) is 26.1. The Morgan fingerprint density at radius 2 is 1.33 bits per heavy atom. The lowest BCUT2D eigenvalue weighted by atomic mass is 9.58. The van der Waals surface area contributed by atoms with E-state index in [9.17, 15) is 0 Å². The molecule has 220 valence electrons. The second kappa shape index (κ2) is 7.53. The molecule has 2 spiro atoms. The van der Waals surface area contributed by atoms with Crippen molar-refractivity contribution in [3.63, 3.8) is 0 Å². The lowest BCUT2D eigenvalue weighted by molar-refractivity contribution is -0.940. The maximum atomic E-state index is 5.09. The third-order valence-corrected chi connectivity index (χ3v) is 12.1. The van der Waals surface area contributed by atoms with Gasteiger partial charge in [0.1, 0.15) is 5.52 Å². The summed E-state index contributed by atoms with van der Waals surface area (Å²) in [6.45, 7) is 2.22. The molecule has 0 fully saturated rings. The molecule has 13 rings (SSSR count). The van der Waals surface area contributed by atoms with Crippen molar-refractivity contribution in [2.45, 2.75) is 18.0 Å². The van der Waals surface area contributed by atoms with Crippen molar-refractivity contribution in [3.05, 3.63) is 179 Å². The second-order valence-electron chi connectivity index (χ2n) is 14.0. The van der Waals surface area contributed by atoms with Crippen LogP contribution in [-0.2, 0) is 11.1 Å². The Morgan fingerprint density at radius 1 is 0.625 bits per heavy atom. The van der Waals surface area contributed by atoms with Crippen molar-refractivity contribution >= 4 is 38.5 Å². The van der Waals surface area contributed by atoms with Crippen LogP contribution in [0.4, 0.5) is 0 Å². The van der Waals surface area contributed by atoms with Crippen LogP contribution >= 0.6 is 0 Å². The Labute approximate surface area is 275 Å². The molecular weight excluding hydrogens is 585 g/mol. The van der Waals surface area contributed by atoms with Crippen LogP contribution in [-0.4, -0.2) is 9.38 Å². The van der Waals surface area contributed by atoms with Crippen LogP contribution in [0.2, 0.25) is 0 Å². The highest BCUT2D eigenvalue weighted by atomic mass is 15.3. The first-order chi connectivity index (χ1) is 23.8. The predicted octanol–water partition coefficient (Wildman–Crippen LogP) is 7.95. The van der Waals surface area contributed by atoms with E-state index in [2.05, 4.69) is 154 Å². The molecule has 0 amide bonds. The number of aromatic nitrogens is 4. The quantitative estimate of drug-likeness (QED) is 0.126. The average molecular weight is 611 g/mol. The topological polar surface area (TPSA) is 25.1 Å². The summed E-state index contributed by atoms with van der Waals surface area (Å²) in [5, 5.41) is 2.51. The largest absolute Gasteiger partial charge is 0.365 e. The normalized spacial score (nSPS) is 17.9. The molecule has 5 aromatic carbocycles. The lowest BCUT2D eigenvalue weighted by Gasteiger charge is -2.42. The first kappa shape index (κ1) is 24.1. The van der Waals surface area contributed by atoms with Gasteiger partial charge in [-0.05, 0) is 76.2 Å². The SMILES string of the molecule is Cc1cc[n+]2c(c1)-c1cccc3c1C21c2c(ccc4c5ncccc5n5c6ccccc6[n+]1c5c24)C31c2ccccc2-c2ccccc21. The number of hydrogen-bond donors (Lipinski definition) is 0. The first-order valence-corrected chi connectivity index (χ1v) is 16.8. The van der Waals surface area contributed by atoms with Crippen LogP contribution in [0.1, 0.15) is 38.9 Å². The molecule has 48 heavy (non-hydrogen) atoms. The van der Waals surface area contributed by atoms with E-state index in [0.29, 0.717) is 0 Å². The molecule has 9 aromatic rings. The molecule has 0 radical (unpaired) electrons. The first-order valence-electron chi connectivity index (χ1n) is 16.8. The fraction of sp³-hybridized carbons (Fsp3) is 0.0682. The molecule has 0 saturated heterocycles. The molecule has 2 aliphatic carbocycles. The molecule has 4 aromatic heterocycles. The summed E-state index contributed by atoms with van der Waals surface area (Å²) in [7, 11) is 0. The maximum Gasteiger partial charge on any atom is 0.365 e. The predicted molar refractivity (Wildman–Crippen MR) is 187 cm³/mol. The van der Waals surface area contributed by atoms with Crippen molar-refractivity contribution in [2.75, 3.05) is 0 Å². The second-order valence-corrected chi connectivity index (χ2v) is 14.0. The van der Waals surface area contributed by atoms with Crippen molar-refractivity contribution in [1.29, 1.82) is 0 Å². The number of fused-ring (bicyclic) bond motifs is 15. The van der Waals surface area contributed by atoms with Gasteiger partial charge in [0.25, 0.3) is 0 Å². The van der Waals surface area contributed by atoms with E-state index in [1.54, 1.807) is 0 Å². The van der Waals surface area contributed by atoms with Crippen LogP contribution < -0.4 is 9.13 Å². The molecule has 0 N–H and O–H groups in total. The molecule has 1 atom stereocenters. The Hall–Kier alpha value is -6.13. The van der Waals surface area contributed by atoms with Crippen molar-refractivity contribution in [3.8, 4) is 22.4 Å². The number of imidazole rings is 1. The summed E-state index contributed by atoms with van der Waals surface area (Å²) < 4.78 is 7.77. The zero-order chi connectivity index (χ0) is 31.1. The van der Waals surface area contributed by atoms with Gasteiger partial charge >= 0.3 is 11.3 Å². The Bertz CT molecular complexity index is 2990. The number of rotatable bonds is 0. The summed E-state index contributed by atoms with van der Waals surface area (Å²) in [6, 6.07) is 48.1. The highest BCUT2D eigenvalue weighted by molar-refractivity contribution is 6.15. The minimum absolute atomic E-state index is 0.473. The smallest absolute Gasteiger partial charge is 0.252 e. The fourth-order valence-electron chi connectivity index (χ4n) is 10.7. The van der Waals surface area contributed by atoms with Crippen LogP contribution in [0.25, 0.3) is 60.9 Å². The highest BCUT2D eigenvalue weighted by Crippen LogP contribution is 2.65. The molecule has 0 saturated carbocycles. The number of nitrogens with zero attached hydrogens (tertiary/aromatic N) is 4. The van der Waals surface area contributed by atoms with Crippen LogP contribution in [0.3, 0.4) is 0 Å². The third kappa shape index (κ3) is 2.19. The summed E-state index contributed by atoms with van der Waals surface area (Å²) in [4.78, 5) is 5.09. The van der Waals surface area contributed by atoms with Crippen LogP contribution in [0.5, 0.6) is 0 Å².